The molecule has 3 atom stereocenters. The maximum atomic E-state index is 12.3. The molecule has 6 heteroatoms. The Kier molecular flexibility index (Phi) is 4.23. The highest BCUT2D eigenvalue weighted by molar-refractivity contribution is 7.99. The Hall–Kier alpha value is -1.04. The molecule has 3 rings (SSSR count). The molecule has 1 heterocycles. The van der Waals surface area contributed by atoms with E-state index in [0.717, 1.165) is 18.2 Å². The lowest BCUT2D eigenvalue weighted by Gasteiger charge is -2.39. The standard InChI is InChI=1S/C17H28N4OS/c1-10(2)14-19-15(21-20-14)23-9-13(22)18-12-8-11-6-7-17(12,5)16(11,3)4/h10-12H,6-9H2,1-5H3,(H,18,22)(H,19,20,21). The van der Waals surface area contributed by atoms with Crippen molar-refractivity contribution in [1.82, 2.24) is 20.5 Å². The molecule has 2 aliphatic rings. The van der Waals surface area contributed by atoms with Gasteiger partial charge < -0.3 is 5.32 Å². The minimum absolute atomic E-state index is 0.0977. The zero-order chi connectivity index (χ0) is 16.8. The van der Waals surface area contributed by atoms with E-state index < -0.39 is 0 Å². The van der Waals surface area contributed by atoms with E-state index in [1.54, 1.807) is 0 Å². The van der Waals surface area contributed by atoms with Gasteiger partial charge in [-0.15, -0.1) is 5.10 Å². The molecule has 1 aromatic rings. The zero-order valence-electron chi connectivity index (χ0n) is 14.8. The number of rotatable bonds is 5. The van der Waals surface area contributed by atoms with Gasteiger partial charge in [-0.05, 0) is 36.0 Å². The van der Waals surface area contributed by atoms with Gasteiger partial charge >= 0.3 is 0 Å². The van der Waals surface area contributed by atoms with Gasteiger partial charge in [0.25, 0.3) is 0 Å². The van der Waals surface area contributed by atoms with E-state index in [4.69, 9.17) is 0 Å². The number of hydrogen-bond acceptors (Lipinski definition) is 4. The molecule has 0 saturated heterocycles. The zero-order valence-corrected chi connectivity index (χ0v) is 15.6. The van der Waals surface area contributed by atoms with Crippen LogP contribution in [0.15, 0.2) is 5.16 Å². The molecule has 0 aromatic carbocycles. The molecule has 128 valence electrons. The fourth-order valence-electron chi connectivity index (χ4n) is 4.37. The number of aromatic nitrogens is 3. The smallest absolute Gasteiger partial charge is 0.230 e. The normalized spacial score (nSPS) is 31.7. The van der Waals surface area contributed by atoms with Crippen LogP contribution in [0.1, 0.15) is 65.6 Å². The molecule has 0 spiro atoms. The predicted octanol–water partition coefficient (Wildman–Crippen LogP) is 3.35. The van der Waals surface area contributed by atoms with Gasteiger partial charge in [0.15, 0.2) is 0 Å². The number of hydrogen-bond donors (Lipinski definition) is 2. The molecule has 0 aliphatic heterocycles. The fraction of sp³-hybridized carbons (Fsp3) is 0.824. The number of fused-ring (bicyclic) bond motifs is 2. The summed E-state index contributed by atoms with van der Waals surface area (Å²) in [6, 6.07) is 0.308. The summed E-state index contributed by atoms with van der Waals surface area (Å²) in [5.74, 6) is 2.41. The van der Waals surface area contributed by atoms with Gasteiger partial charge in [0.05, 0.1) is 5.75 Å². The lowest BCUT2D eigenvalue weighted by molar-refractivity contribution is -0.120. The first-order valence-electron chi connectivity index (χ1n) is 8.58. The third kappa shape index (κ3) is 2.79. The van der Waals surface area contributed by atoms with Crippen molar-refractivity contribution >= 4 is 17.7 Å². The summed E-state index contributed by atoms with van der Waals surface area (Å²) in [5.41, 5.74) is 0.557. The summed E-state index contributed by atoms with van der Waals surface area (Å²) in [6.45, 7) is 11.2. The van der Waals surface area contributed by atoms with Crippen molar-refractivity contribution in [2.45, 2.75) is 71.0 Å². The molecule has 5 nitrogen and oxygen atoms in total. The number of carbonyl (C=O) groups is 1. The van der Waals surface area contributed by atoms with Crippen LogP contribution in [0.25, 0.3) is 0 Å². The maximum absolute atomic E-state index is 12.3. The third-order valence-electron chi connectivity index (χ3n) is 6.49. The molecule has 1 aromatic heterocycles. The highest BCUT2D eigenvalue weighted by atomic mass is 32.2. The van der Waals surface area contributed by atoms with Gasteiger partial charge in [-0.2, -0.15) is 0 Å². The molecule has 23 heavy (non-hydrogen) atoms. The number of nitrogens with zero attached hydrogens (tertiary/aromatic N) is 2. The van der Waals surface area contributed by atoms with E-state index in [9.17, 15) is 4.79 Å². The lowest BCUT2D eigenvalue weighted by Crippen LogP contribution is -2.47. The molecular weight excluding hydrogens is 308 g/mol. The van der Waals surface area contributed by atoms with E-state index in [0.29, 0.717) is 28.3 Å². The quantitative estimate of drug-likeness (QED) is 0.809. The van der Waals surface area contributed by atoms with Gasteiger partial charge in [-0.25, -0.2) is 4.98 Å². The van der Waals surface area contributed by atoms with Crippen LogP contribution < -0.4 is 5.32 Å². The summed E-state index contributed by atoms with van der Waals surface area (Å²) in [6.07, 6.45) is 3.65. The van der Waals surface area contributed by atoms with Crippen LogP contribution in [0.4, 0.5) is 0 Å². The Morgan fingerprint density at radius 2 is 2.17 bits per heavy atom. The summed E-state index contributed by atoms with van der Waals surface area (Å²) in [7, 11) is 0. The summed E-state index contributed by atoms with van der Waals surface area (Å²) in [4.78, 5) is 16.7. The predicted molar refractivity (Wildman–Crippen MR) is 92.4 cm³/mol. The highest BCUT2D eigenvalue weighted by Crippen LogP contribution is 2.65. The molecule has 3 unspecified atom stereocenters. The molecular formula is C17H28N4OS. The van der Waals surface area contributed by atoms with Crippen LogP contribution in [-0.2, 0) is 4.79 Å². The van der Waals surface area contributed by atoms with Crippen LogP contribution in [0, 0.1) is 16.7 Å². The van der Waals surface area contributed by atoms with Gasteiger partial charge in [0, 0.05) is 12.0 Å². The van der Waals surface area contributed by atoms with Gasteiger partial charge in [-0.1, -0.05) is 46.4 Å². The number of amides is 1. The van der Waals surface area contributed by atoms with Crippen molar-refractivity contribution in [3.63, 3.8) is 0 Å². The number of thioether (sulfide) groups is 1. The molecule has 1 amide bonds. The number of nitrogens with one attached hydrogen (secondary N) is 2. The SMILES string of the molecule is CC(C)c1nc(SCC(=O)NC2CC3CCC2(C)C3(C)C)n[nH]1. The van der Waals surface area contributed by atoms with Crippen LogP contribution in [0.2, 0.25) is 0 Å². The van der Waals surface area contributed by atoms with Crippen LogP contribution in [-0.4, -0.2) is 32.9 Å². The van der Waals surface area contributed by atoms with Crippen molar-refractivity contribution in [3.8, 4) is 0 Å². The second kappa shape index (κ2) is 5.80. The lowest BCUT2D eigenvalue weighted by atomic mass is 9.69. The monoisotopic (exact) mass is 336 g/mol. The summed E-state index contributed by atoms with van der Waals surface area (Å²) < 4.78 is 0. The molecule has 2 N–H and O–H groups in total. The van der Waals surface area contributed by atoms with Gasteiger partial charge in [0.1, 0.15) is 5.82 Å². The number of aromatic amines is 1. The Bertz CT molecular complexity index is 597. The van der Waals surface area contributed by atoms with Crippen molar-refractivity contribution in [2.24, 2.45) is 16.7 Å². The molecule has 0 radical (unpaired) electrons. The van der Waals surface area contributed by atoms with E-state index in [-0.39, 0.29) is 11.3 Å². The molecule has 2 bridgehead atoms. The van der Waals surface area contributed by atoms with Crippen LogP contribution in [0.3, 0.4) is 0 Å². The molecule has 2 fully saturated rings. The van der Waals surface area contributed by atoms with E-state index in [1.807, 2.05) is 0 Å². The van der Waals surface area contributed by atoms with Crippen molar-refractivity contribution in [1.29, 1.82) is 0 Å². The number of carbonyl (C=O) groups excluding carboxylic acids is 1. The Morgan fingerprint density at radius 3 is 2.70 bits per heavy atom. The highest BCUT2D eigenvalue weighted by Gasteiger charge is 2.61. The van der Waals surface area contributed by atoms with Crippen LogP contribution >= 0.6 is 11.8 Å². The average Bonchev–Trinajstić information content (AvgIpc) is 3.08. The van der Waals surface area contributed by atoms with E-state index in [1.165, 1.54) is 24.6 Å². The first kappa shape index (κ1) is 16.8. The Balaban J connectivity index is 1.54. The van der Waals surface area contributed by atoms with E-state index >= 15 is 0 Å². The minimum atomic E-state index is 0.0977. The van der Waals surface area contributed by atoms with Gasteiger partial charge in [0.2, 0.25) is 11.1 Å². The Labute approximate surface area is 142 Å². The van der Waals surface area contributed by atoms with Crippen molar-refractivity contribution < 1.29 is 4.79 Å². The van der Waals surface area contributed by atoms with Crippen molar-refractivity contribution in [3.05, 3.63) is 5.82 Å². The second-order valence-electron chi connectivity index (χ2n) is 8.18. The largest absolute Gasteiger partial charge is 0.352 e. The van der Waals surface area contributed by atoms with Crippen LogP contribution in [0.5, 0.6) is 0 Å². The van der Waals surface area contributed by atoms with Crippen molar-refractivity contribution in [2.75, 3.05) is 5.75 Å². The Morgan fingerprint density at radius 1 is 1.43 bits per heavy atom. The van der Waals surface area contributed by atoms with E-state index in [2.05, 4.69) is 55.1 Å². The third-order valence-corrected chi connectivity index (χ3v) is 7.34. The minimum Gasteiger partial charge on any atom is -0.352 e. The first-order valence-corrected chi connectivity index (χ1v) is 9.57. The summed E-state index contributed by atoms with van der Waals surface area (Å²) >= 11 is 1.40. The van der Waals surface area contributed by atoms with Gasteiger partial charge in [-0.3, -0.25) is 9.89 Å². The molecule has 2 aliphatic carbocycles. The topological polar surface area (TPSA) is 70.7 Å². The first-order chi connectivity index (χ1) is 10.7. The number of H-pyrrole nitrogens is 1. The summed E-state index contributed by atoms with van der Waals surface area (Å²) in [5, 5.41) is 11.0. The maximum Gasteiger partial charge on any atom is 0.230 e. The average molecular weight is 337 g/mol. The second-order valence-corrected chi connectivity index (χ2v) is 9.12. The molecule has 2 saturated carbocycles. The fourth-order valence-corrected chi connectivity index (χ4v) is 4.99.